The number of hydrogen-bond acceptors (Lipinski definition) is 6. The van der Waals surface area contributed by atoms with Gasteiger partial charge >= 0.3 is 0 Å². The number of halogens is 2. The van der Waals surface area contributed by atoms with Crippen molar-refractivity contribution in [2.45, 2.75) is 32.5 Å². The Morgan fingerprint density at radius 2 is 2.13 bits per heavy atom. The zero-order valence-electron chi connectivity index (χ0n) is 16.0. The Morgan fingerprint density at radius 1 is 1.37 bits per heavy atom. The van der Waals surface area contributed by atoms with Gasteiger partial charge in [0, 0.05) is 11.6 Å². The molecule has 160 valence electrons. The molecule has 0 saturated heterocycles. The molecule has 30 heavy (non-hydrogen) atoms. The van der Waals surface area contributed by atoms with Gasteiger partial charge in [-0.2, -0.15) is 5.10 Å². The minimum absolute atomic E-state index is 0.00908. The highest BCUT2D eigenvalue weighted by Crippen LogP contribution is 2.29. The van der Waals surface area contributed by atoms with E-state index < -0.39 is 37.4 Å². The number of aliphatic hydroxyl groups is 1. The SMILES string of the molecule is Cc1oc2ccc(OCc3ccnn3CC(F)F)cc2c1C(=O)N[C@@H](CO)C(N)=O. The molecule has 0 spiro atoms. The number of ether oxygens (including phenoxy) is 1. The summed E-state index contributed by atoms with van der Waals surface area (Å²) in [5, 5.41) is 15.8. The number of carbonyl (C=O) groups excluding carboxylic acids is 2. The fraction of sp³-hybridized carbons (Fsp3) is 0.316. The minimum atomic E-state index is -2.54. The molecule has 0 aliphatic rings. The van der Waals surface area contributed by atoms with Gasteiger partial charge in [-0.3, -0.25) is 14.3 Å². The molecule has 2 aromatic heterocycles. The molecule has 0 radical (unpaired) electrons. The van der Waals surface area contributed by atoms with Crippen molar-refractivity contribution in [2.75, 3.05) is 6.61 Å². The predicted octanol–water partition coefficient (Wildman–Crippen LogP) is 1.36. The molecule has 2 amide bonds. The van der Waals surface area contributed by atoms with E-state index in [1.165, 1.54) is 6.20 Å². The molecule has 0 bridgehead atoms. The Morgan fingerprint density at radius 3 is 2.80 bits per heavy atom. The molecule has 1 aromatic carbocycles. The third kappa shape index (κ3) is 4.57. The molecule has 2 heterocycles. The van der Waals surface area contributed by atoms with Gasteiger partial charge < -0.3 is 25.3 Å². The number of aryl methyl sites for hydroxylation is 1. The van der Waals surface area contributed by atoms with Crippen LogP contribution in [0.4, 0.5) is 8.78 Å². The number of benzene rings is 1. The lowest BCUT2D eigenvalue weighted by atomic mass is 10.1. The number of nitrogens with zero attached hydrogens (tertiary/aromatic N) is 2. The number of carbonyl (C=O) groups is 2. The molecule has 1 atom stereocenters. The number of fused-ring (bicyclic) bond motifs is 1. The van der Waals surface area contributed by atoms with Gasteiger partial charge in [-0.1, -0.05) is 0 Å². The fourth-order valence-corrected chi connectivity index (χ4v) is 2.94. The van der Waals surface area contributed by atoms with Crippen molar-refractivity contribution in [1.29, 1.82) is 0 Å². The van der Waals surface area contributed by atoms with Gasteiger partial charge in [-0.15, -0.1) is 0 Å². The largest absolute Gasteiger partial charge is 0.487 e. The Bertz CT molecular complexity index is 1060. The number of aliphatic hydroxyl groups excluding tert-OH is 1. The summed E-state index contributed by atoms with van der Waals surface area (Å²) in [6, 6.07) is 5.10. The van der Waals surface area contributed by atoms with Crippen molar-refractivity contribution in [2.24, 2.45) is 5.73 Å². The van der Waals surface area contributed by atoms with Crippen LogP contribution in [-0.2, 0) is 17.9 Å². The van der Waals surface area contributed by atoms with Crippen LogP contribution in [0.25, 0.3) is 11.0 Å². The first-order valence-electron chi connectivity index (χ1n) is 8.96. The van der Waals surface area contributed by atoms with Crippen LogP contribution in [0.2, 0.25) is 0 Å². The van der Waals surface area contributed by atoms with Gasteiger partial charge in [-0.25, -0.2) is 8.78 Å². The number of nitrogens with two attached hydrogens (primary N) is 1. The second kappa shape index (κ2) is 8.91. The van der Waals surface area contributed by atoms with E-state index in [0.29, 0.717) is 28.2 Å². The Hall–Kier alpha value is -3.47. The molecule has 0 fully saturated rings. The van der Waals surface area contributed by atoms with Crippen LogP contribution in [0.5, 0.6) is 5.75 Å². The normalized spacial score (nSPS) is 12.3. The molecule has 9 nitrogen and oxygen atoms in total. The second-order valence-electron chi connectivity index (χ2n) is 6.49. The molecule has 0 aliphatic carbocycles. The van der Waals surface area contributed by atoms with Gasteiger partial charge in [0.15, 0.2) is 0 Å². The second-order valence-corrected chi connectivity index (χ2v) is 6.49. The van der Waals surface area contributed by atoms with Crippen LogP contribution in [0, 0.1) is 6.92 Å². The number of hydrogen-bond donors (Lipinski definition) is 3. The highest BCUT2D eigenvalue weighted by molar-refractivity contribution is 6.08. The van der Waals surface area contributed by atoms with E-state index in [1.54, 1.807) is 31.2 Å². The Balaban J connectivity index is 1.82. The van der Waals surface area contributed by atoms with Gasteiger partial charge in [0.05, 0.1) is 17.9 Å². The summed E-state index contributed by atoms with van der Waals surface area (Å²) in [7, 11) is 0. The lowest BCUT2D eigenvalue weighted by Crippen LogP contribution is -2.46. The van der Waals surface area contributed by atoms with E-state index in [2.05, 4.69) is 10.4 Å². The summed E-state index contributed by atoms with van der Waals surface area (Å²) in [5.41, 5.74) is 6.18. The maximum Gasteiger partial charge on any atom is 0.257 e. The van der Waals surface area contributed by atoms with Crippen LogP contribution < -0.4 is 15.8 Å². The number of rotatable bonds is 9. The number of alkyl halides is 2. The monoisotopic (exact) mass is 422 g/mol. The van der Waals surface area contributed by atoms with Crippen LogP contribution >= 0.6 is 0 Å². The Kier molecular flexibility index (Phi) is 6.31. The number of furan rings is 1. The van der Waals surface area contributed by atoms with E-state index >= 15 is 0 Å². The van der Waals surface area contributed by atoms with Gasteiger partial charge in [0.25, 0.3) is 12.3 Å². The van der Waals surface area contributed by atoms with Gasteiger partial charge in [0.2, 0.25) is 5.91 Å². The summed E-state index contributed by atoms with van der Waals surface area (Å²) in [5.74, 6) is -0.844. The zero-order valence-corrected chi connectivity index (χ0v) is 16.0. The maximum atomic E-state index is 12.6. The first-order chi connectivity index (χ1) is 14.3. The first-order valence-corrected chi connectivity index (χ1v) is 8.96. The summed E-state index contributed by atoms with van der Waals surface area (Å²) in [6.07, 6.45) is -1.14. The molecule has 0 unspecified atom stereocenters. The van der Waals surface area contributed by atoms with Crippen molar-refractivity contribution in [1.82, 2.24) is 15.1 Å². The number of aromatic nitrogens is 2. The predicted molar refractivity (Wildman–Crippen MR) is 101 cm³/mol. The van der Waals surface area contributed by atoms with Crippen LogP contribution in [0.1, 0.15) is 21.8 Å². The molecule has 0 aliphatic heterocycles. The van der Waals surface area contributed by atoms with Crippen molar-refractivity contribution in [3.63, 3.8) is 0 Å². The van der Waals surface area contributed by atoms with Crippen LogP contribution in [-0.4, -0.2) is 45.8 Å². The standard InChI is InChI=1S/C19H20F2N4O5/c1-10-17(19(28)24-14(8-26)18(22)27)13-6-12(2-3-15(13)30-10)29-9-11-4-5-23-25(11)7-16(20)21/h2-6,14,16,26H,7-9H2,1H3,(H2,22,27)(H,24,28)/t14-/m0/s1. The molecule has 11 heteroatoms. The lowest BCUT2D eigenvalue weighted by molar-refractivity contribution is -0.120. The quantitative estimate of drug-likeness (QED) is 0.477. The summed E-state index contributed by atoms with van der Waals surface area (Å²) < 4.78 is 37.6. The minimum Gasteiger partial charge on any atom is -0.487 e. The van der Waals surface area contributed by atoms with E-state index in [0.717, 1.165) is 4.68 Å². The van der Waals surface area contributed by atoms with E-state index in [4.69, 9.17) is 14.9 Å². The average Bonchev–Trinajstić information content (AvgIpc) is 3.25. The third-order valence-corrected chi connectivity index (χ3v) is 4.40. The molecule has 0 saturated carbocycles. The topological polar surface area (TPSA) is 133 Å². The van der Waals surface area contributed by atoms with Gasteiger partial charge in [-0.05, 0) is 31.2 Å². The van der Waals surface area contributed by atoms with E-state index in [-0.39, 0.29) is 12.2 Å². The lowest BCUT2D eigenvalue weighted by Gasteiger charge is -2.12. The average molecular weight is 422 g/mol. The maximum absolute atomic E-state index is 12.6. The summed E-state index contributed by atoms with van der Waals surface area (Å²) in [6.45, 7) is 0.389. The van der Waals surface area contributed by atoms with Crippen molar-refractivity contribution in [3.8, 4) is 5.75 Å². The first kappa shape index (κ1) is 21.2. The fourth-order valence-electron chi connectivity index (χ4n) is 2.94. The van der Waals surface area contributed by atoms with Crippen LogP contribution in [0.3, 0.4) is 0 Å². The van der Waals surface area contributed by atoms with Crippen molar-refractivity contribution in [3.05, 3.63) is 47.5 Å². The van der Waals surface area contributed by atoms with Crippen molar-refractivity contribution < 1.29 is 32.6 Å². The number of amides is 2. The van der Waals surface area contributed by atoms with Gasteiger partial charge in [0.1, 0.15) is 36.3 Å². The molecule has 3 rings (SSSR count). The Labute approximate surface area is 169 Å². The van der Waals surface area contributed by atoms with Crippen LogP contribution in [0.15, 0.2) is 34.9 Å². The summed E-state index contributed by atoms with van der Waals surface area (Å²) >= 11 is 0. The highest BCUT2D eigenvalue weighted by Gasteiger charge is 2.23. The smallest absolute Gasteiger partial charge is 0.257 e. The molecule has 3 aromatic rings. The van der Waals surface area contributed by atoms with E-state index in [1.807, 2.05) is 0 Å². The third-order valence-electron chi connectivity index (χ3n) is 4.40. The van der Waals surface area contributed by atoms with E-state index in [9.17, 15) is 23.5 Å². The molecule has 4 N–H and O–H groups in total. The number of nitrogens with one attached hydrogen (secondary N) is 1. The van der Waals surface area contributed by atoms with Crippen molar-refractivity contribution >= 4 is 22.8 Å². The summed E-state index contributed by atoms with van der Waals surface area (Å²) in [4.78, 5) is 23.9. The molecular weight excluding hydrogens is 402 g/mol. The highest BCUT2D eigenvalue weighted by atomic mass is 19.3. The number of primary amides is 1. The zero-order chi connectivity index (χ0) is 21.8. The molecular formula is C19H20F2N4O5.